The van der Waals surface area contributed by atoms with Gasteiger partial charge in [0.2, 0.25) is 5.78 Å². The van der Waals surface area contributed by atoms with Gasteiger partial charge in [-0.05, 0) is 12.1 Å². The van der Waals surface area contributed by atoms with Crippen LogP contribution in [-0.4, -0.2) is 33.8 Å². The summed E-state index contributed by atoms with van der Waals surface area (Å²) in [6.45, 7) is 0.161. The van der Waals surface area contributed by atoms with E-state index in [0.717, 1.165) is 5.56 Å². The van der Waals surface area contributed by atoms with Crippen molar-refractivity contribution in [1.29, 1.82) is 0 Å². The van der Waals surface area contributed by atoms with Crippen LogP contribution in [0.3, 0.4) is 0 Å². The molecule has 0 saturated carbocycles. The Labute approximate surface area is 160 Å². The van der Waals surface area contributed by atoms with Crippen LogP contribution in [-0.2, 0) is 6.61 Å². The molecule has 0 spiro atoms. The summed E-state index contributed by atoms with van der Waals surface area (Å²) >= 11 is 0. The maximum absolute atomic E-state index is 12.4. The molecule has 28 heavy (non-hydrogen) atoms. The molecule has 0 fully saturated rings. The largest absolute Gasteiger partial charge is 0.493 e. The Bertz CT molecular complexity index is 1170. The number of H-pyrrole nitrogens is 1. The number of aromatic amines is 1. The Morgan fingerprint density at radius 3 is 2.54 bits per heavy atom. The SMILES string of the molecule is COc1ccc(OCc2cc(=O)n3nc(-c4ccccc4)nc3[nH]2)cc1OC. The Hall–Kier alpha value is -3.81. The van der Waals surface area contributed by atoms with Crippen LogP contribution in [0.25, 0.3) is 17.2 Å². The monoisotopic (exact) mass is 378 g/mol. The number of rotatable bonds is 6. The maximum atomic E-state index is 12.4. The molecule has 1 N–H and O–H groups in total. The fraction of sp³-hybridized carbons (Fsp3) is 0.150. The Balaban J connectivity index is 1.59. The molecule has 0 amide bonds. The van der Waals surface area contributed by atoms with Crippen LogP contribution >= 0.6 is 0 Å². The molecule has 2 heterocycles. The summed E-state index contributed by atoms with van der Waals surface area (Å²) in [5.74, 6) is 2.60. The van der Waals surface area contributed by atoms with Gasteiger partial charge in [0.25, 0.3) is 5.56 Å². The number of methoxy groups -OCH3 is 2. The van der Waals surface area contributed by atoms with E-state index in [9.17, 15) is 4.79 Å². The molecule has 8 heteroatoms. The van der Waals surface area contributed by atoms with E-state index in [4.69, 9.17) is 14.2 Å². The zero-order chi connectivity index (χ0) is 19.5. The Morgan fingerprint density at radius 2 is 1.79 bits per heavy atom. The molecule has 0 aliphatic carbocycles. The van der Waals surface area contributed by atoms with Crippen molar-refractivity contribution >= 4 is 5.78 Å². The highest BCUT2D eigenvalue weighted by Crippen LogP contribution is 2.31. The van der Waals surface area contributed by atoms with E-state index in [0.29, 0.717) is 34.5 Å². The maximum Gasteiger partial charge on any atom is 0.276 e. The van der Waals surface area contributed by atoms with Crippen molar-refractivity contribution in [2.75, 3.05) is 14.2 Å². The number of hydrogen-bond donors (Lipinski definition) is 1. The lowest BCUT2D eigenvalue weighted by Gasteiger charge is -2.10. The van der Waals surface area contributed by atoms with E-state index in [-0.39, 0.29) is 12.2 Å². The lowest BCUT2D eigenvalue weighted by molar-refractivity contribution is 0.296. The minimum atomic E-state index is -0.283. The third kappa shape index (κ3) is 3.39. The van der Waals surface area contributed by atoms with Crippen LogP contribution in [0, 0.1) is 0 Å². The van der Waals surface area contributed by atoms with Gasteiger partial charge in [-0.2, -0.15) is 9.50 Å². The van der Waals surface area contributed by atoms with Gasteiger partial charge in [-0.3, -0.25) is 4.79 Å². The van der Waals surface area contributed by atoms with Gasteiger partial charge in [-0.15, -0.1) is 5.10 Å². The summed E-state index contributed by atoms with van der Waals surface area (Å²) in [5, 5.41) is 4.27. The molecule has 2 aromatic heterocycles. The predicted octanol–water partition coefficient (Wildman–Crippen LogP) is 2.68. The molecule has 0 unspecified atom stereocenters. The van der Waals surface area contributed by atoms with Gasteiger partial charge in [0.1, 0.15) is 12.4 Å². The van der Waals surface area contributed by atoms with Gasteiger partial charge >= 0.3 is 0 Å². The van der Waals surface area contributed by atoms with Gasteiger partial charge in [-0.1, -0.05) is 30.3 Å². The minimum absolute atomic E-state index is 0.161. The number of nitrogens with one attached hydrogen (secondary N) is 1. The molecule has 4 rings (SSSR count). The number of fused-ring (bicyclic) bond motifs is 1. The molecule has 0 atom stereocenters. The molecule has 2 aromatic carbocycles. The lowest BCUT2D eigenvalue weighted by Crippen LogP contribution is -2.16. The smallest absolute Gasteiger partial charge is 0.276 e. The van der Waals surface area contributed by atoms with Crippen molar-refractivity contribution in [2.24, 2.45) is 0 Å². The van der Waals surface area contributed by atoms with Gasteiger partial charge in [0.15, 0.2) is 17.3 Å². The summed E-state index contributed by atoms with van der Waals surface area (Å²) in [5.41, 5.74) is 1.13. The van der Waals surface area contributed by atoms with E-state index in [1.165, 1.54) is 10.6 Å². The third-order valence-corrected chi connectivity index (χ3v) is 4.17. The first-order valence-electron chi connectivity index (χ1n) is 8.57. The molecular weight excluding hydrogens is 360 g/mol. The molecule has 4 aromatic rings. The zero-order valence-electron chi connectivity index (χ0n) is 15.4. The first-order valence-corrected chi connectivity index (χ1v) is 8.57. The van der Waals surface area contributed by atoms with Gasteiger partial charge in [-0.25, -0.2) is 0 Å². The number of benzene rings is 2. The summed E-state index contributed by atoms with van der Waals surface area (Å²) < 4.78 is 17.5. The normalized spacial score (nSPS) is 10.8. The van der Waals surface area contributed by atoms with Crippen LogP contribution < -0.4 is 19.8 Å². The first-order chi connectivity index (χ1) is 13.7. The minimum Gasteiger partial charge on any atom is -0.493 e. The quantitative estimate of drug-likeness (QED) is 0.555. The second-order valence-corrected chi connectivity index (χ2v) is 5.98. The van der Waals surface area contributed by atoms with Crippen LogP contribution in [0.4, 0.5) is 0 Å². The first kappa shape index (κ1) is 17.6. The van der Waals surface area contributed by atoms with E-state index < -0.39 is 0 Å². The molecule has 0 bridgehead atoms. The number of hydrogen-bond acceptors (Lipinski definition) is 6. The average molecular weight is 378 g/mol. The zero-order valence-corrected chi connectivity index (χ0v) is 15.4. The van der Waals surface area contributed by atoms with E-state index in [2.05, 4.69) is 15.1 Å². The predicted molar refractivity (Wildman–Crippen MR) is 103 cm³/mol. The highest BCUT2D eigenvalue weighted by molar-refractivity contribution is 5.56. The summed E-state index contributed by atoms with van der Waals surface area (Å²) in [6, 6.07) is 16.2. The Morgan fingerprint density at radius 1 is 1.00 bits per heavy atom. The van der Waals surface area contributed by atoms with Crippen LogP contribution in [0.1, 0.15) is 5.69 Å². The molecule has 0 aliphatic heterocycles. The van der Waals surface area contributed by atoms with E-state index in [1.54, 1.807) is 32.4 Å². The summed E-state index contributed by atoms with van der Waals surface area (Å²) in [4.78, 5) is 19.9. The van der Waals surface area contributed by atoms with Gasteiger partial charge < -0.3 is 19.2 Å². The van der Waals surface area contributed by atoms with Crippen molar-refractivity contribution in [3.05, 3.63) is 70.6 Å². The van der Waals surface area contributed by atoms with Crippen LogP contribution in [0.5, 0.6) is 17.2 Å². The standard InChI is InChI=1S/C20H18N4O4/c1-26-16-9-8-15(11-17(16)27-2)28-12-14-10-18(25)24-20(21-14)22-19(23-24)13-6-4-3-5-7-13/h3-11H,12H2,1-2H3,(H,21,22,23). The van der Waals surface area contributed by atoms with Gasteiger partial charge in [0.05, 0.1) is 19.9 Å². The molecule has 142 valence electrons. The van der Waals surface area contributed by atoms with Crippen molar-refractivity contribution < 1.29 is 14.2 Å². The molecule has 0 radical (unpaired) electrons. The highest BCUT2D eigenvalue weighted by atomic mass is 16.5. The van der Waals surface area contributed by atoms with Crippen LogP contribution in [0.15, 0.2) is 59.4 Å². The second-order valence-electron chi connectivity index (χ2n) is 5.98. The summed E-state index contributed by atoms with van der Waals surface area (Å²) in [6.07, 6.45) is 0. The highest BCUT2D eigenvalue weighted by Gasteiger charge is 2.11. The average Bonchev–Trinajstić information content (AvgIpc) is 3.17. The molecule has 8 nitrogen and oxygen atoms in total. The van der Waals surface area contributed by atoms with Crippen molar-refractivity contribution in [3.63, 3.8) is 0 Å². The Kier molecular flexibility index (Phi) is 4.67. The van der Waals surface area contributed by atoms with Crippen LogP contribution in [0.2, 0.25) is 0 Å². The molecule has 0 saturated heterocycles. The van der Waals surface area contributed by atoms with Crippen molar-refractivity contribution in [1.82, 2.24) is 19.6 Å². The number of aromatic nitrogens is 4. The number of nitrogens with zero attached hydrogens (tertiary/aromatic N) is 3. The van der Waals surface area contributed by atoms with Gasteiger partial charge in [0, 0.05) is 17.7 Å². The third-order valence-electron chi connectivity index (χ3n) is 4.17. The van der Waals surface area contributed by atoms with E-state index >= 15 is 0 Å². The van der Waals surface area contributed by atoms with Crippen molar-refractivity contribution in [2.45, 2.75) is 6.61 Å². The number of ether oxygens (including phenoxy) is 3. The summed E-state index contributed by atoms with van der Waals surface area (Å²) in [7, 11) is 3.13. The lowest BCUT2D eigenvalue weighted by atomic mass is 10.2. The van der Waals surface area contributed by atoms with E-state index in [1.807, 2.05) is 30.3 Å². The van der Waals surface area contributed by atoms with Crippen molar-refractivity contribution in [3.8, 4) is 28.6 Å². The molecular formula is C20H18N4O4. The fourth-order valence-corrected chi connectivity index (χ4v) is 2.79. The molecule has 0 aliphatic rings. The topological polar surface area (TPSA) is 90.7 Å². The second kappa shape index (κ2) is 7.43. The fourth-order valence-electron chi connectivity index (χ4n) is 2.79.